The second-order valence-corrected chi connectivity index (χ2v) is 7.01. The van der Waals surface area contributed by atoms with Crippen molar-refractivity contribution in [3.63, 3.8) is 0 Å². The van der Waals surface area contributed by atoms with Gasteiger partial charge in [-0.05, 0) is 49.4 Å². The summed E-state index contributed by atoms with van der Waals surface area (Å²) in [5.74, 6) is -0.108. The minimum absolute atomic E-state index is 0.0262. The van der Waals surface area contributed by atoms with E-state index in [1.807, 2.05) is 4.90 Å². The van der Waals surface area contributed by atoms with E-state index in [1.54, 1.807) is 0 Å². The number of halogens is 2. The summed E-state index contributed by atoms with van der Waals surface area (Å²) in [6.07, 6.45) is 5.03. The molecule has 6 nitrogen and oxygen atoms in total. The predicted octanol–water partition coefficient (Wildman–Crippen LogP) is 3.03. The summed E-state index contributed by atoms with van der Waals surface area (Å²) in [4.78, 5) is 26.6. The van der Waals surface area contributed by atoms with Crippen LogP contribution in [0.25, 0.3) is 0 Å². The van der Waals surface area contributed by atoms with Crippen LogP contribution in [0.4, 0.5) is 14.5 Å². The van der Waals surface area contributed by atoms with Crippen LogP contribution in [0.5, 0.6) is 5.75 Å². The van der Waals surface area contributed by atoms with Gasteiger partial charge in [-0.3, -0.25) is 14.5 Å². The topological polar surface area (TPSA) is 67.9 Å². The average molecular weight is 382 g/mol. The van der Waals surface area contributed by atoms with Gasteiger partial charge in [-0.25, -0.2) is 0 Å². The highest BCUT2D eigenvalue weighted by molar-refractivity contribution is 5.92. The van der Waals surface area contributed by atoms with Crippen LogP contribution in [0.15, 0.2) is 24.3 Å². The molecule has 8 heteroatoms. The van der Waals surface area contributed by atoms with E-state index >= 15 is 0 Å². The number of rotatable bonds is 6. The fraction of sp³-hybridized carbons (Fsp3) is 0.579. The average Bonchev–Trinajstić information content (AvgIpc) is 3.01. The molecule has 1 saturated carbocycles. The number of methoxy groups -OCH3 is 1. The van der Waals surface area contributed by atoms with Crippen molar-refractivity contribution in [1.29, 1.82) is 0 Å². The zero-order chi connectivity index (χ0) is 19.4. The van der Waals surface area contributed by atoms with Crippen molar-refractivity contribution in [2.45, 2.75) is 50.8 Å². The number of alkyl halides is 2. The number of fused-ring (bicyclic) bond motifs is 1. The number of carbonyl (C=O) groups is 2. The van der Waals surface area contributed by atoms with Crippen molar-refractivity contribution in [2.24, 2.45) is 5.92 Å². The first-order valence-corrected chi connectivity index (χ1v) is 9.16. The van der Waals surface area contributed by atoms with E-state index in [0.717, 1.165) is 32.1 Å². The Labute approximate surface area is 156 Å². The van der Waals surface area contributed by atoms with Gasteiger partial charge in [0.15, 0.2) is 0 Å². The minimum atomic E-state index is -2.89. The number of nitrogens with zero attached hydrogens (tertiary/aromatic N) is 1. The number of carbonyl (C=O) groups excluding carboxylic acids is 2. The zero-order valence-corrected chi connectivity index (χ0v) is 15.2. The minimum Gasteiger partial charge on any atom is -0.468 e. The second kappa shape index (κ2) is 8.65. The smallest absolute Gasteiger partial charge is 0.387 e. The third-order valence-corrected chi connectivity index (χ3v) is 5.38. The standard InChI is InChI=1S/C19H24F2N2O4/c1-26-18(25)16-10-12-4-2-3-5-15(12)23(16)11-17(24)22-13-6-8-14(9-7-13)27-19(20)21/h6-9,12,15-16,19H,2-5,10-11H2,1H3,(H,22,24). The normalized spacial score (nSPS) is 25.1. The highest BCUT2D eigenvalue weighted by Crippen LogP contribution is 2.39. The molecular formula is C19H24F2N2O4. The molecule has 1 aliphatic heterocycles. The third-order valence-electron chi connectivity index (χ3n) is 5.38. The number of esters is 1. The molecule has 148 valence electrons. The highest BCUT2D eigenvalue weighted by atomic mass is 19.3. The Kier molecular flexibility index (Phi) is 6.26. The maximum absolute atomic E-state index is 12.5. The van der Waals surface area contributed by atoms with E-state index in [4.69, 9.17) is 4.74 Å². The van der Waals surface area contributed by atoms with Crippen LogP contribution in [-0.4, -0.2) is 49.1 Å². The molecule has 3 rings (SSSR count). The Balaban J connectivity index is 1.63. The molecule has 1 amide bonds. The molecular weight excluding hydrogens is 358 g/mol. The monoisotopic (exact) mass is 382 g/mol. The molecule has 0 aromatic heterocycles. The molecule has 3 unspecified atom stereocenters. The first kappa shape index (κ1) is 19.5. The number of hydrogen-bond acceptors (Lipinski definition) is 5. The van der Waals surface area contributed by atoms with Gasteiger partial charge in [0.1, 0.15) is 11.8 Å². The van der Waals surface area contributed by atoms with Crippen LogP contribution in [0.1, 0.15) is 32.1 Å². The summed E-state index contributed by atoms with van der Waals surface area (Å²) < 4.78 is 33.6. The van der Waals surface area contributed by atoms with Crippen LogP contribution in [0.3, 0.4) is 0 Å². The number of benzene rings is 1. The van der Waals surface area contributed by atoms with E-state index in [1.165, 1.54) is 31.4 Å². The van der Waals surface area contributed by atoms with Crippen molar-refractivity contribution in [3.8, 4) is 5.75 Å². The van der Waals surface area contributed by atoms with Gasteiger partial charge in [-0.1, -0.05) is 12.8 Å². The number of hydrogen-bond donors (Lipinski definition) is 1. The molecule has 0 bridgehead atoms. The van der Waals surface area contributed by atoms with Gasteiger partial charge in [-0.15, -0.1) is 0 Å². The second-order valence-electron chi connectivity index (χ2n) is 7.01. The lowest BCUT2D eigenvalue weighted by molar-refractivity contribution is -0.146. The first-order valence-electron chi connectivity index (χ1n) is 9.16. The van der Waals surface area contributed by atoms with Crippen molar-refractivity contribution < 1.29 is 27.8 Å². The maximum Gasteiger partial charge on any atom is 0.387 e. The predicted molar refractivity (Wildman–Crippen MR) is 94.6 cm³/mol. The molecule has 2 aliphatic rings. The van der Waals surface area contributed by atoms with Crippen molar-refractivity contribution >= 4 is 17.6 Å². The summed E-state index contributed by atoms with van der Waals surface area (Å²) in [6, 6.07) is 5.56. The Hall–Kier alpha value is -2.22. The van der Waals surface area contributed by atoms with E-state index in [0.29, 0.717) is 11.6 Å². The van der Waals surface area contributed by atoms with Gasteiger partial charge in [0.2, 0.25) is 5.91 Å². The van der Waals surface area contributed by atoms with Crippen molar-refractivity contribution in [2.75, 3.05) is 19.0 Å². The van der Waals surface area contributed by atoms with E-state index < -0.39 is 12.7 Å². The lowest BCUT2D eigenvalue weighted by Gasteiger charge is -2.32. The van der Waals surface area contributed by atoms with E-state index in [9.17, 15) is 18.4 Å². The molecule has 27 heavy (non-hydrogen) atoms. The van der Waals surface area contributed by atoms with Crippen molar-refractivity contribution in [3.05, 3.63) is 24.3 Å². The highest BCUT2D eigenvalue weighted by Gasteiger charge is 2.46. The molecule has 1 heterocycles. The molecule has 0 radical (unpaired) electrons. The van der Waals surface area contributed by atoms with Gasteiger partial charge >= 0.3 is 12.6 Å². The summed E-state index contributed by atoms with van der Waals surface area (Å²) in [6.45, 7) is -2.80. The fourth-order valence-electron chi connectivity index (χ4n) is 4.23. The number of ether oxygens (including phenoxy) is 2. The Morgan fingerprint density at radius 3 is 2.59 bits per heavy atom. The molecule has 0 spiro atoms. The van der Waals surface area contributed by atoms with Gasteiger partial charge in [-0.2, -0.15) is 8.78 Å². The summed E-state index contributed by atoms with van der Waals surface area (Å²) in [5, 5.41) is 2.75. The van der Waals surface area contributed by atoms with E-state index in [2.05, 4.69) is 10.1 Å². The van der Waals surface area contributed by atoms with Crippen LogP contribution in [0.2, 0.25) is 0 Å². The molecule has 1 aromatic carbocycles. The van der Waals surface area contributed by atoms with Crippen molar-refractivity contribution in [1.82, 2.24) is 4.90 Å². The number of amides is 1. The molecule has 1 N–H and O–H groups in total. The number of nitrogens with one attached hydrogen (secondary N) is 1. The largest absolute Gasteiger partial charge is 0.468 e. The van der Waals surface area contributed by atoms with Crippen LogP contribution in [-0.2, 0) is 14.3 Å². The molecule has 2 fully saturated rings. The first-order chi connectivity index (χ1) is 13.0. The van der Waals surface area contributed by atoms with Gasteiger partial charge in [0.25, 0.3) is 0 Å². The van der Waals surface area contributed by atoms with Gasteiger partial charge < -0.3 is 14.8 Å². The molecule has 1 saturated heterocycles. The molecule has 1 aliphatic carbocycles. The summed E-state index contributed by atoms with van der Waals surface area (Å²) >= 11 is 0. The van der Waals surface area contributed by atoms with Crippen LogP contribution < -0.4 is 10.1 Å². The summed E-state index contributed by atoms with van der Waals surface area (Å²) in [5.41, 5.74) is 0.482. The molecule has 3 atom stereocenters. The molecule has 1 aromatic rings. The summed E-state index contributed by atoms with van der Waals surface area (Å²) in [7, 11) is 1.37. The van der Waals surface area contributed by atoms with Gasteiger partial charge in [0, 0.05) is 11.7 Å². The third kappa shape index (κ3) is 4.74. The van der Waals surface area contributed by atoms with Gasteiger partial charge in [0.05, 0.1) is 13.7 Å². The Bertz CT molecular complexity index is 668. The van der Waals surface area contributed by atoms with Crippen LogP contribution >= 0.6 is 0 Å². The number of anilines is 1. The maximum atomic E-state index is 12.5. The van der Waals surface area contributed by atoms with Crippen LogP contribution in [0, 0.1) is 5.92 Å². The Morgan fingerprint density at radius 1 is 1.22 bits per heavy atom. The van der Waals surface area contributed by atoms with E-state index in [-0.39, 0.29) is 30.2 Å². The number of likely N-dealkylation sites (tertiary alicyclic amines) is 1. The SMILES string of the molecule is COC(=O)C1CC2CCCCC2N1CC(=O)Nc1ccc(OC(F)F)cc1. The fourth-order valence-corrected chi connectivity index (χ4v) is 4.23. The quantitative estimate of drug-likeness (QED) is 0.766. The lowest BCUT2D eigenvalue weighted by Crippen LogP contribution is -2.46. The zero-order valence-electron chi connectivity index (χ0n) is 15.2. The lowest BCUT2D eigenvalue weighted by atomic mass is 9.85. The Morgan fingerprint density at radius 2 is 1.93 bits per heavy atom.